The normalized spacial score (nSPS) is 18.6. The number of nitrogens with zero attached hydrogens (tertiary/aromatic N) is 3. The summed E-state index contributed by atoms with van der Waals surface area (Å²) in [6, 6.07) is 1.91. The van der Waals surface area contributed by atoms with Gasteiger partial charge in [0.1, 0.15) is 5.82 Å². The summed E-state index contributed by atoms with van der Waals surface area (Å²) in [7, 11) is 2.21. The summed E-state index contributed by atoms with van der Waals surface area (Å²) >= 11 is 5.74. The van der Waals surface area contributed by atoms with Crippen LogP contribution in [0.4, 0.5) is 5.82 Å². The second kappa shape index (κ2) is 4.11. The van der Waals surface area contributed by atoms with Crippen molar-refractivity contribution in [2.45, 2.75) is 0 Å². The van der Waals surface area contributed by atoms with Crippen LogP contribution in [0.3, 0.4) is 0 Å². The molecule has 14 heavy (non-hydrogen) atoms. The van der Waals surface area contributed by atoms with Crippen LogP contribution < -0.4 is 9.80 Å². The van der Waals surface area contributed by atoms with Crippen LogP contribution in [0, 0.1) is 0 Å². The molecule has 0 bridgehead atoms. The minimum Gasteiger partial charge on any atom is -0.345 e. The van der Waals surface area contributed by atoms with Gasteiger partial charge in [0.2, 0.25) is 5.28 Å². The van der Waals surface area contributed by atoms with E-state index >= 15 is 0 Å². The van der Waals surface area contributed by atoms with Gasteiger partial charge in [-0.15, -0.1) is 0 Å². The van der Waals surface area contributed by atoms with Gasteiger partial charge in [0.15, 0.2) is 0 Å². The largest absolute Gasteiger partial charge is 0.345 e. The fourth-order valence-electron chi connectivity index (χ4n) is 1.62. The van der Waals surface area contributed by atoms with E-state index in [1.165, 1.54) is 0 Å². The van der Waals surface area contributed by atoms with E-state index in [4.69, 9.17) is 11.6 Å². The molecule has 0 aliphatic carbocycles. The van der Waals surface area contributed by atoms with Gasteiger partial charge < -0.3 is 9.80 Å². The quantitative estimate of drug-likeness (QED) is 0.637. The highest BCUT2D eigenvalue weighted by atomic mass is 35.5. The van der Waals surface area contributed by atoms with E-state index in [1.54, 1.807) is 11.1 Å². The Bertz CT molecular complexity index is 309. The minimum atomic E-state index is 0.328. The van der Waals surface area contributed by atoms with Crippen molar-refractivity contribution >= 4 is 17.4 Å². The molecule has 0 spiro atoms. The molecular weight excluding hydrogens is 200 g/mol. The summed E-state index contributed by atoms with van der Waals surface area (Å²) in [6.45, 7) is 4.39. The third kappa shape index (κ3) is 2.13. The number of hydrogen-bond acceptors (Lipinski definition) is 3. The number of rotatable bonds is 1. The lowest BCUT2D eigenvalue weighted by molar-refractivity contribution is -0.880. The number of halogens is 1. The van der Waals surface area contributed by atoms with E-state index in [1.807, 2.05) is 6.07 Å². The first-order chi connectivity index (χ1) is 6.75. The van der Waals surface area contributed by atoms with Crippen LogP contribution in [-0.2, 0) is 0 Å². The Morgan fingerprint density at radius 1 is 1.43 bits per heavy atom. The van der Waals surface area contributed by atoms with Gasteiger partial charge in [0.25, 0.3) is 0 Å². The van der Waals surface area contributed by atoms with Gasteiger partial charge in [-0.05, 0) is 17.7 Å². The van der Waals surface area contributed by atoms with Crippen molar-refractivity contribution in [2.75, 3.05) is 38.1 Å². The molecular formula is C9H14ClN4+. The molecule has 1 saturated heterocycles. The molecule has 0 unspecified atom stereocenters. The van der Waals surface area contributed by atoms with E-state index in [9.17, 15) is 0 Å². The van der Waals surface area contributed by atoms with Crippen LogP contribution in [0.5, 0.6) is 0 Å². The Morgan fingerprint density at radius 3 is 2.79 bits per heavy atom. The molecule has 1 fully saturated rings. The second-order valence-electron chi connectivity index (χ2n) is 3.63. The van der Waals surface area contributed by atoms with Gasteiger partial charge >= 0.3 is 0 Å². The first kappa shape index (κ1) is 9.68. The topological polar surface area (TPSA) is 33.5 Å². The zero-order chi connectivity index (χ0) is 9.97. The summed E-state index contributed by atoms with van der Waals surface area (Å²) in [5.74, 6) is 0.942. The molecule has 1 aromatic heterocycles. The standard InChI is InChI=1S/C9H13ClN4/c1-13-4-6-14(7-5-13)8-2-3-11-9(10)12-8/h2-3H,4-7H2,1H3/p+1. The Labute approximate surface area is 88.5 Å². The maximum Gasteiger partial charge on any atom is 0.224 e. The molecule has 2 heterocycles. The molecule has 0 saturated carbocycles. The molecule has 4 nitrogen and oxygen atoms in total. The van der Waals surface area contributed by atoms with E-state index in [2.05, 4.69) is 21.9 Å². The highest BCUT2D eigenvalue weighted by molar-refractivity contribution is 6.28. The summed E-state index contributed by atoms with van der Waals surface area (Å²) in [4.78, 5) is 11.9. The lowest BCUT2D eigenvalue weighted by Gasteiger charge is -2.30. The van der Waals surface area contributed by atoms with Crippen molar-refractivity contribution in [1.82, 2.24) is 9.97 Å². The van der Waals surface area contributed by atoms with E-state index in [-0.39, 0.29) is 0 Å². The van der Waals surface area contributed by atoms with Crippen molar-refractivity contribution in [1.29, 1.82) is 0 Å². The molecule has 1 aliphatic rings. The average Bonchev–Trinajstić information content (AvgIpc) is 2.19. The Kier molecular flexibility index (Phi) is 2.84. The molecule has 5 heteroatoms. The summed E-state index contributed by atoms with van der Waals surface area (Å²) in [5, 5.41) is 0.328. The van der Waals surface area contributed by atoms with E-state index < -0.39 is 0 Å². The monoisotopic (exact) mass is 213 g/mol. The van der Waals surface area contributed by atoms with Crippen LogP contribution in [0.1, 0.15) is 0 Å². The average molecular weight is 214 g/mol. The van der Waals surface area contributed by atoms with Crippen LogP contribution in [0.25, 0.3) is 0 Å². The van der Waals surface area contributed by atoms with Crippen molar-refractivity contribution < 1.29 is 4.90 Å². The van der Waals surface area contributed by atoms with Crippen LogP contribution in [0.15, 0.2) is 12.3 Å². The zero-order valence-corrected chi connectivity index (χ0v) is 8.96. The van der Waals surface area contributed by atoms with Gasteiger partial charge in [0, 0.05) is 6.20 Å². The van der Waals surface area contributed by atoms with Crippen LogP contribution in [-0.4, -0.2) is 43.2 Å². The Morgan fingerprint density at radius 2 is 2.14 bits per heavy atom. The molecule has 0 aromatic carbocycles. The smallest absolute Gasteiger partial charge is 0.224 e. The molecule has 1 aromatic rings. The number of hydrogen-bond donors (Lipinski definition) is 1. The lowest BCUT2D eigenvalue weighted by atomic mass is 10.3. The van der Waals surface area contributed by atoms with Gasteiger partial charge in [-0.3, -0.25) is 0 Å². The van der Waals surface area contributed by atoms with Crippen molar-refractivity contribution in [2.24, 2.45) is 0 Å². The lowest BCUT2D eigenvalue weighted by Crippen LogP contribution is -3.12. The summed E-state index contributed by atoms with van der Waals surface area (Å²) < 4.78 is 0. The maximum atomic E-state index is 5.74. The molecule has 1 aliphatic heterocycles. The molecule has 1 N–H and O–H groups in total. The van der Waals surface area contributed by atoms with Gasteiger partial charge in [-0.2, -0.15) is 0 Å². The number of anilines is 1. The van der Waals surface area contributed by atoms with Crippen molar-refractivity contribution in [3.63, 3.8) is 0 Å². The number of likely N-dealkylation sites (N-methyl/N-ethyl adjacent to an activating group) is 1. The summed E-state index contributed by atoms with van der Waals surface area (Å²) in [5.41, 5.74) is 0. The Balaban J connectivity index is 2.08. The highest BCUT2D eigenvalue weighted by Gasteiger charge is 2.17. The number of nitrogens with one attached hydrogen (secondary N) is 1. The molecule has 2 rings (SSSR count). The third-order valence-electron chi connectivity index (χ3n) is 2.55. The number of piperazine rings is 1. The van der Waals surface area contributed by atoms with Gasteiger partial charge in [0.05, 0.1) is 33.2 Å². The van der Waals surface area contributed by atoms with Crippen molar-refractivity contribution in [3.8, 4) is 0 Å². The minimum absolute atomic E-state index is 0.328. The maximum absolute atomic E-state index is 5.74. The first-order valence-electron chi connectivity index (χ1n) is 4.80. The molecule has 0 atom stereocenters. The fraction of sp³-hybridized carbons (Fsp3) is 0.556. The SMILES string of the molecule is C[NH+]1CCN(c2ccnc(Cl)n2)CC1. The number of aromatic nitrogens is 2. The van der Waals surface area contributed by atoms with Crippen LogP contribution >= 0.6 is 11.6 Å². The first-order valence-corrected chi connectivity index (χ1v) is 5.18. The predicted molar refractivity (Wildman–Crippen MR) is 55.9 cm³/mol. The Hall–Kier alpha value is -0.870. The van der Waals surface area contributed by atoms with E-state index in [0.29, 0.717) is 5.28 Å². The number of quaternary nitrogens is 1. The third-order valence-corrected chi connectivity index (χ3v) is 2.73. The molecule has 0 amide bonds. The second-order valence-corrected chi connectivity index (χ2v) is 3.97. The van der Waals surface area contributed by atoms with Crippen LogP contribution in [0.2, 0.25) is 5.28 Å². The van der Waals surface area contributed by atoms with Gasteiger partial charge in [-0.25, -0.2) is 9.97 Å². The molecule has 0 radical (unpaired) electrons. The van der Waals surface area contributed by atoms with E-state index in [0.717, 1.165) is 32.0 Å². The highest BCUT2D eigenvalue weighted by Crippen LogP contribution is 2.11. The molecule has 76 valence electrons. The predicted octanol–water partition coefficient (Wildman–Crippen LogP) is -0.535. The van der Waals surface area contributed by atoms with Gasteiger partial charge in [-0.1, -0.05) is 0 Å². The summed E-state index contributed by atoms with van der Waals surface area (Å²) in [6.07, 6.45) is 1.70. The fourth-order valence-corrected chi connectivity index (χ4v) is 1.76. The zero-order valence-electron chi connectivity index (χ0n) is 8.20. The van der Waals surface area contributed by atoms with Crippen molar-refractivity contribution in [3.05, 3.63) is 17.5 Å².